The van der Waals surface area contributed by atoms with E-state index in [9.17, 15) is 14.9 Å². The van der Waals surface area contributed by atoms with Crippen molar-refractivity contribution in [2.24, 2.45) is 13.0 Å². The second-order valence-electron chi connectivity index (χ2n) is 7.49. The molecule has 0 spiro atoms. The predicted octanol–water partition coefficient (Wildman–Crippen LogP) is 3.19. The molecule has 152 valence electrons. The zero-order chi connectivity index (χ0) is 21.3. The largest absolute Gasteiger partial charge is 0.357 e. The summed E-state index contributed by atoms with van der Waals surface area (Å²) in [6.45, 7) is 9.67. The highest BCUT2D eigenvalue weighted by atomic mass is 32.2. The lowest BCUT2D eigenvalue weighted by molar-refractivity contribution is -0.121. The van der Waals surface area contributed by atoms with Crippen LogP contribution in [-0.2, 0) is 11.8 Å². The molecule has 2 aliphatic rings. The standard InChI is InChI=1S/C21H24N4O2S2/c1-5-8-25-20(27)17(29-21(25)28)10-15-14(3)16(11-22)19(26)23(4)18(15)24-9-6-7-13(2)12-24/h5,10,13H,1,6-9,12H2,2-4H3/b17-10+. The highest BCUT2D eigenvalue weighted by molar-refractivity contribution is 8.26. The summed E-state index contributed by atoms with van der Waals surface area (Å²) in [5.74, 6) is 1.09. The molecule has 1 amide bonds. The Bertz CT molecular complexity index is 1020. The maximum atomic E-state index is 12.8. The molecule has 2 saturated heterocycles. The van der Waals surface area contributed by atoms with Gasteiger partial charge < -0.3 is 4.90 Å². The number of rotatable bonds is 4. The molecule has 0 N–H and O–H groups in total. The Hall–Kier alpha value is -2.37. The molecular weight excluding hydrogens is 404 g/mol. The molecule has 1 unspecified atom stereocenters. The number of nitrogens with zero attached hydrogens (tertiary/aromatic N) is 4. The van der Waals surface area contributed by atoms with Gasteiger partial charge in [-0.05, 0) is 37.3 Å². The van der Waals surface area contributed by atoms with Crippen molar-refractivity contribution in [3.63, 3.8) is 0 Å². The van der Waals surface area contributed by atoms with Gasteiger partial charge in [0.05, 0.1) is 4.91 Å². The van der Waals surface area contributed by atoms with E-state index >= 15 is 0 Å². The molecule has 1 aromatic heterocycles. The van der Waals surface area contributed by atoms with E-state index in [-0.39, 0.29) is 17.0 Å². The van der Waals surface area contributed by atoms with Crippen molar-refractivity contribution in [1.82, 2.24) is 9.47 Å². The number of anilines is 1. The Labute approximate surface area is 180 Å². The van der Waals surface area contributed by atoms with Gasteiger partial charge in [0.25, 0.3) is 11.5 Å². The van der Waals surface area contributed by atoms with Crippen molar-refractivity contribution in [3.05, 3.63) is 44.6 Å². The average Bonchev–Trinajstić information content (AvgIpc) is 2.94. The number of aromatic nitrogens is 1. The minimum absolute atomic E-state index is 0.106. The second kappa shape index (κ2) is 8.56. The van der Waals surface area contributed by atoms with Gasteiger partial charge in [0.1, 0.15) is 21.8 Å². The summed E-state index contributed by atoms with van der Waals surface area (Å²) < 4.78 is 2.03. The first-order valence-electron chi connectivity index (χ1n) is 9.55. The topological polar surface area (TPSA) is 69.3 Å². The van der Waals surface area contributed by atoms with Crippen LogP contribution in [0.5, 0.6) is 0 Å². The number of carbonyl (C=O) groups is 1. The molecule has 6 nitrogen and oxygen atoms in total. The number of hydrogen-bond acceptors (Lipinski definition) is 6. The van der Waals surface area contributed by atoms with E-state index in [0.717, 1.165) is 37.3 Å². The normalized spacial score (nSPS) is 21.0. The summed E-state index contributed by atoms with van der Waals surface area (Å²) >= 11 is 6.58. The molecule has 0 aromatic carbocycles. The van der Waals surface area contributed by atoms with Gasteiger partial charge in [-0.15, -0.1) is 6.58 Å². The number of thiocarbonyl (C=S) groups is 1. The zero-order valence-electron chi connectivity index (χ0n) is 16.9. The van der Waals surface area contributed by atoms with E-state index in [0.29, 0.717) is 27.3 Å². The highest BCUT2D eigenvalue weighted by Gasteiger charge is 2.32. The molecule has 0 saturated carbocycles. The number of carbonyl (C=O) groups excluding carboxylic acids is 1. The van der Waals surface area contributed by atoms with Crippen LogP contribution in [0.4, 0.5) is 5.82 Å². The lowest BCUT2D eigenvalue weighted by Gasteiger charge is -2.35. The van der Waals surface area contributed by atoms with Gasteiger partial charge in [-0.1, -0.05) is 37.0 Å². The van der Waals surface area contributed by atoms with E-state index < -0.39 is 0 Å². The molecule has 0 radical (unpaired) electrons. The molecule has 8 heteroatoms. The molecule has 2 aliphatic heterocycles. The number of piperidine rings is 1. The highest BCUT2D eigenvalue weighted by Crippen LogP contribution is 2.36. The zero-order valence-corrected chi connectivity index (χ0v) is 18.5. The van der Waals surface area contributed by atoms with Gasteiger partial charge in [-0.3, -0.25) is 19.1 Å². The van der Waals surface area contributed by atoms with E-state index in [2.05, 4.69) is 18.4 Å². The van der Waals surface area contributed by atoms with E-state index in [4.69, 9.17) is 12.2 Å². The number of nitriles is 1. The number of hydrogen-bond donors (Lipinski definition) is 0. The Morgan fingerprint density at radius 2 is 2.14 bits per heavy atom. The van der Waals surface area contributed by atoms with Gasteiger partial charge in [0.15, 0.2) is 0 Å². The quantitative estimate of drug-likeness (QED) is 0.417. The van der Waals surface area contributed by atoms with Crippen molar-refractivity contribution in [2.75, 3.05) is 24.5 Å². The van der Waals surface area contributed by atoms with Gasteiger partial charge in [0, 0.05) is 32.2 Å². The van der Waals surface area contributed by atoms with Crippen molar-refractivity contribution < 1.29 is 4.79 Å². The first-order valence-corrected chi connectivity index (χ1v) is 10.8. The SMILES string of the molecule is C=CCN1C(=O)/C(=C\c2c(C)c(C#N)c(=O)n(C)c2N2CCCC(C)C2)SC1=S. The molecule has 1 aromatic rings. The Balaban J connectivity index is 2.20. The first kappa shape index (κ1) is 21.3. The van der Waals surface area contributed by atoms with Gasteiger partial charge >= 0.3 is 0 Å². The Morgan fingerprint density at radius 1 is 1.41 bits per heavy atom. The van der Waals surface area contributed by atoms with Crippen LogP contribution in [0.15, 0.2) is 22.4 Å². The number of amides is 1. The fourth-order valence-electron chi connectivity index (χ4n) is 3.89. The summed E-state index contributed by atoms with van der Waals surface area (Å²) in [7, 11) is 1.69. The maximum Gasteiger partial charge on any atom is 0.270 e. The Kier molecular flexibility index (Phi) is 6.30. The molecule has 0 bridgehead atoms. The average molecular weight is 429 g/mol. The molecule has 0 aliphatic carbocycles. The van der Waals surface area contributed by atoms with Gasteiger partial charge in [-0.25, -0.2) is 0 Å². The van der Waals surface area contributed by atoms with Crippen LogP contribution in [0.2, 0.25) is 0 Å². The first-order chi connectivity index (χ1) is 13.8. The summed E-state index contributed by atoms with van der Waals surface area (Å²) in [6.07, 6.45) is 5.61. The third kappa shape index (κ3) is 3.89. The van der Waals surface area contributed by atoms with E-state index in [1.807, 2.05) is 6.07 Å². The molecule has 3 rings (SSSR count). The fraction of sp³-hybridized carbons (Fsp3) is 0.429. The Morgan fingerprint density at radius 3 is 2.76 bits per heavy atom. The number of thioether (sulfide) groups is 1. The lowest BCUT2D eigenvalue weighted by Crippen LogP contribution is -2.39. The molecular formula is C21H24N4O2S2. The van der Waals surface area contributed by atoms with Crippen molar-refractivity contribution in [3.8, 4) is 6.07 Å². The summed E-state index contributed by atoms with van der Waals surface area (Å²) in [6, 6.07) is 2.04. The molecule has 1 atom stereocenters. The predicted molar refractivity (Wildman–Crippen MR) is 122 cm³/mol. The monoisotopic (exact) mass is 428 g/mol. The smallest absolute Gasteiger partial charge is 0.270 e. The summed E-state index contributed by atoms with van der Waals surface area (Å²) in [4.78, 5) is 29.8. The maximum absolute atomic E-state index is 12.8. The van der Waals surface area contributed by atoms with E-state index in [1.54, 1.807) is 30.7 Å². The third-order valence-electron chi connectivity index (χ3n) is 5.39. The van der Waals surface area contributed by atoms with Gasteiger partial charge in [-0.2, -0.15) is 5.26 Å². The fourth-order valence-corrected chi connectivity index (χ4v) is 5.15. The van der Waals surface area contributed by atoms with Crippen LogP contribution >= 0.6 is 24.0 Å². The molecule has 2 fully saturated rings. The van der Waals surface area contributed by atoms with Crippen molar-refractivity contribution in [2.45, 2.75) is 26.7 Å². The van der Waals surface area contributed by atoms with Crippen molar-refractivity contribution >= 4 is 46.1 Å². The lowest BCUT2D eigenvalue weighted by atomic mass is 9.98. The van der Waals surface area contributed by atoms with Crippen LogP contribution < -0.4 is 10.5 Å². The minimum atomic E-state index is -0.311. The van der Waals surface area contributed by atoms with Gasteiger partial charge in [0.2, 0.25) is 0 Å². The minimum Gasteiger partial charge on any atom is -0.357 e. The van der Waals surface area contributed by atoms with E-state index in [1.165, 1.54) is 16.7 Å². The second-order valence-corrected chi connectivity index (χ2v) is 9.16. The van der Waals surface area contributed by atoms with Crippen LogP contribution in [0, 0.1) is 24.2 Å². The summed E-state index contributed by atoms with van der Waals surface area (Å²) in [5, 5.41) is 9.55. The van der Waals surface area contributed by atoms with Crippen LogP contribution in [-0.4, -0.2) is 39.3 Å². The summed E-state index contributed by atoms with van der Waals surface area (Å²) in [5.41, 5.74) is 1.12. The van der Waals surface area contributed by atoms with Crippen LogP contribution in [0.25, 0.3) is 6.08 Å². The molecule has 3 heterocycles. The van der Waals surface area contributed by atoms with Crippen LogP contribution in [0.3, 0.4) is 0 Å². The molecule has 29 heavy (non-hydrogen) atoms. The van der Waals surface area contributed by atoms with Crippen LogP contribution in [0.1, 0.15) is 36.5 Å². The third-order valence-corrected chi connectivity index (χ3v) is 6.76. The number of pyridine rings is 1. The van der Waals surface area contributed by atoms with Crippen molar-refractivity contribution in [1.29, 1.82) is 5.26 Å².